The number of hydrogen-bond donors (Lipinski definition) is 2. The van der Waals surface area contributed by atoms with Gasteiger partial charge in [0.05, 0.1) is 6.42 Å². The van der Waals surface area contributed by atoms with Gasteiger partial charge in [0, 0.05) is 21.8 Å². The SMILES string of the molecule is CC(=O)c1ccc(NC(=O)C(Sc2cccc(NC(=O)Cc3ccccc3)c2)c2ccccc2)cc1. The molecule has 0 fully saturated rings. The Bertz CT molecular complexity index is 1340. The summed E-state index contributed by atoms with van der Waals surface area (Å²) < 4.78 is 0. The maximum atomic E-state index is 13.3. The first-order valence-corrected chi connectivity index (χ1v) is 12.4. The van der Waals surface area contributed by atoms with Gasteiger partial charge in [-0.15, -0.1) is 11.8 Å². The van der Waals surface area contributed by atoms with Crippen LogP contribution in [0.3, 0.4) is 0 Å². The molecule has 180 valence electrons. The molecule has 4 aromatic rings. The minimum atomic E-state index is -0.519. The topological polar surface area (TPSA) is 75.3 Å². The van der Waals surface area contributed by atoms with Gasteiger partial charge in [-0.05, 0) is 60.5 Å². The van der Waals surface area contributed by atoms with E-state index in [-0.39, 0.29) is 24.0 Å². The van der Waals surface area contributed by atoms with Gasteiger partial charge in [0.2, 0.25) is 11.8 Å². The van der Waals surface area contributed by atoms with Crippen LogP contribution in [0, 0.1) is 0 Å². The standard InChI is InChI=1S/C30H26N2O3S/c1-21(33)23-15-17-25(18-16-23)32-30(35)29(24-11-6-3-7-12-24)36-27-14-8-13-26(20-27)31-28(34)19-22-9-4-2-5-10-22/h2-18,20,29H,19H2,1H3,(H,31,34)(H,32,35). The van der Waals surface area contributed by atoms with E-state index in [1.54, 1.807) is 24.3 Å². The predicted octanol–water partition coefficient (Wildman–Crippen LogP) is 6.54. The van der Waals surface area contributed by atoms with Gasteiger partial charge in [0.15, 0.2) is 5.78 Å². The Balaban J connectivity index is 1.49. The van der Waals surface area contributed by atoms with Crippen LogP contribution in [0.25, 0.3) is 0 Å². The van der Waals surface area contributed by atoms with Crippen molar-refractivity contribution < 1.29 is 14.4 Å². The third kappa shape index (κ3) is 6.93. The summed E-state index contributed by atoms with van der Waals surface area (Å²) in [5.74, 6) is -0.309. The molecule has 0 saturated carbocycles. The first-order chi connectivity index (χ1) is 17.5. The highest BCUT2D eigenvalue weighted by Crippen LogP contribution is 2.37. The molecule has 0 bridgehead atoms. The number of nitrogens with one attached hydrogen (secondary N) is 2. The smallest absolute Gasteiger partial charge is 0.242 e. The Morgan fingerprint density at radius 1 is 0.722 bits per heavy atom. The Hall–Kier alpha value is -4.16. The quantitative estimate of drug-likeness (QED) is 0.205. The van der Waals surface area contributed by atoms with Crippen LogP contribution in [0.5, 0.6) is 0 Å². The highest BCUT2D eigenvalue weighted by Gasteiger charge is 2.22. The number of anilines is 2. The Kier molecular flexibility index (Phi) is 8.32. The number of ketones is 1. The summed E-state index contributed by atoms with van der Waals surface area (Å²) in [6.45, 7) is 1.51. The van der Waals surface area contributed by atoms with E-state index >= 15 is 0 Å². The lowest BCUT2D eigenvalue weighted by molar-refractivity contribution is -0.116. The zero-order valence-corrected chi connectivity index (χ0v) is 20.6. The minimum Gasteiger partial charge on any atom is -0.326 e. The second-order valence-electron chi connectivity index (χ2n) is 8.27. The number of rotatable bonds is 9. The molecule has 5 nitrogen and oxygen atoms in total. The predicted molar refractivity (Wildman–Crippen MR) is 145 cm³/mol. The van der Waals surface area contributed by atoms with Crippen molar-refractivity contribution in [1.82, 2.24) is 0 Å². The van der Waals surface area contributed by atoms with Crippen LogP contribution >= 0.6 is 11.8 Å². The Morgan fingerprint density at radius 3 is 2.06 bits per heavy atom. The molecule has 1 atom stereocenters. The number of amides is 2. The van der Waals surface area contributed by atoms with Crippen LogP contribution in [-0.2, 0) is 16.0 Å². The van der Waals surface area contributed by atoms with E-state index in [2.05, 4.69) is 10.6 Å². The molecule has 0 radical (unpaired) electrons. The maximum Gasteiger partial charge on any atom is 0.242 e. The molecule has 0 heterocycles. The molecule has 2 amide bonds. The van der Waals surface area contributed by atoms with E-state index in [1.807, 2.05) is 84.9 Å². The third-order valence-electron chi connectivity index (χ3n) is 5.48. The molecule has 2 N–H and O–H groups in total. The van der Waals surface area contributed by atoms with Crippen molar-refractivity contribution in [1.29, 1.82) is 0 Å². The van der Waals surface area contributed by atoms with Crippen molar-refractivity contribution in [3.8, 4) is 0 Å². The van der Waals surface area contributed by atoms with Gasteiger partial charge in [-0.1, -0.05) is 66.7 Å². The normalized spacial score (nSPS) is 11.4. The molecule has 0 saturated heterocycles. The van der Waals surface area contributed by atoms with Gasteiger partial charge in [-0.3, -0.25) is 14.4 Å². The zero-order chi connectivity index (χ0) is 25.3. The van der Waals surface area contributed by atoms with Crippen molar-refractivity contribution in [2.45, 2.75) is 23.5 Å². The molecule has 0 aromatic heterocycles. The summed E-state index contributed by atoms with van der Waals surface area (Å²) in [6, 6.07) is 33.5. The lowest BCUT2D eigenvalue weighted by Crippen LogP contribution is -2.19. The molecule has 0 aliphatic carbocycles. The average molecular weight is 495 g/mol. The molecular weight excluding hydrogens is 468 g/mol. The van der Waals surface area contributed by atoms with Gasteiger partial charge >= 0.3 is 0 Å². The van der Waals surface area contributed by atoms with Gasteiger partial charge < -0.3 is 10.6 Å². The highest BCUT2D eigenvalue weighted by atomic mass is 32.2. The van der Waals surface area contributed by atoms with Gasteiger partial charge in [-0.2, -0.15) is 0 Å². The van der Waals surface area contributed by atoms with E-state index in [9.17, 15) is 14.4 Å². The lowest BCUT2D eigenvalue weighted by Gasteiger charge is -2.18. The molecule has 6 heteroatoms. The second-order valence-corrected chi connectivity index (χ2v) is 9.45. The van der Waals surface area contributed by atoms with Crippen molar-refractivity contribution in [3.63, 3.8) is 0 Å². The summed E-state index contributed by atoms with van der Waals surface area (Å²) in [6.07, 6.45) is 0.287. The molecule has 0 spiro atoms. The van der Waals surface area contributed by atoms with Crippen LogP contribution in [-0.4, -0.2) is 17.6 Å². The van der Waals surface area contributed by atoms with Crippen molar-refractivity contribution in [3.05, 3.63) is 126 Å². The van der Waals surface area contributed by atoms with Crippen LogP contribution in [0.15, 0.2) is 114 Å². The van der Waals surface area contributed by atoms with E-state index < -0.39 is 5.25 Å². The van der Waals surface area contributed by atoms with Crippen molar-refractivity contribution >= 4 is 40.7 Å². The van der Waals surface area contributed by atoms with Crippen molar-refractivity contribution in [2.75, 3.05) is 10.6 Å². The average Bonchev–Trinajstić information content (AvgIpc) is 2.89. The summed E-state index contributed by atoms with van der Waals surface area (Å²) in [7, 11) is 0. The van der Waals surface area contributed by atoms with E-state index in [0.717, 1.165) is 16.0 Å². The largest absolute Gasteiger partial charge is 0.326 e. The first-order valence-electron chi connectivity index (χ1n) is 11.6. The van der Waals surface area contributed by atoms with E-state index in [4.69, 9.17) is 0 Å². The number of benzene rings is 4. The Labute approximate surface area is 214 Å². The van der Waals surface area contributed by atoms with Gasteiger partial charge in [0.1, 0.15) is 5.25 Å². The third-order valence-corrected chi connectivity index (χ3v) is 6.73. The number of thioether (sulfide) groups is 1. The molecular formula is C30H26N2O3S. The second kappa shape index (κ2) is 12.0. The number of Topliss-reactive ketones (excluding diaryl/α,β-unsaturated/α-hetero) is 1. The van der Waals surface area contributed by atoms with E-state index in [0.29, 0.717) is 16.9 Å². The lowest BCUT2D eigenvalue weighted by atomic mass is 10.1. The van der Waals surface area contributed by atoms with Gasteiger partial charge in [-0.25, -0.2) is 0 Å². The number of carbonyl (C=O) groups excluding carboxylic acids is 3. The molecule has 4 rings (SSSR count). The number of hydrogen-bond acceptors (Lipinski definition) is 4. The van der Waals surface area contributed by atoms with Crippen molar-refractivity contribution in [2.24, 2.45) is 0 Å². The Morgan fingerprint density at radius 2 is 1.39 bits per heavy atom. The molecule has 36 heavy (non-hydrogen) atoms. The molecule has 1 unspecified atom stereocenters. The zero-order valence-electron chi connectivity index (χ0n) is 19.8. The fourth-order valence-electron chi connectivity index (χ4n) is 3.67. The molecule has 0 aliphatic rings. The molecule has 0 aliphatic heterocycles. The fraction of sp³-hybridized carbons (Fsp3) is 0.100. The summed E-state index contributed by atoms with van der Waals surface area (Å²) >= 11 is 1.40. The fourth-order valence-corrected chi connectivity index (χ4v) is 4.75. The highest BCUT2D eigenvalue weighted by molar-refractivity contribution is 8.00. The maximum absolute atomic E-state index is 13.3. The monoisotopic (exact) mass is 494 g/mol. The summed E-state index contributed by atoms with van der Waals surface area (Å²) in [5.41, 5.74) is 3.69. The van der Waals surface area contributed by atoms with Crippen LogP contribution in [0.2, 0.25) is 0 Å². The van der Waals surface area contributed by atoms with Crippen LogP contribution in [0.1, 0.15) is 33.7 Å². The number of carbonyl (C=O) groups is 3. The van der Waals surface area contributed by atoms with E-state index in [1.165, 1.54) is 18.7 Å². The minimum absolute atomic E-state index is 0.0265. The summed E-state index contributed by atoms with van der Waals surface area (Å²) in [5, 5.41) is 5.39. The summed E-state index contributed by atoms with van der Waals surface area (Å²) in [4.78, 5) is 38.2. The van der Waals surface area contributed by atoms with Gasteiger partial charge in [0.25, 0.3) is 0 Å². The van der Waals surface area contributed by atoms with Crippen LogP contribution in [0.4, 0.5) is 11.4 Å². The van der Waals surface area contributed by atoms with Crippen LogP contribution < -0.4 is 10.6 Å². The first kappa shape index (κ1) is 24.9. The molecule has 4 aromatic carbocycles.